The van der Waals surface area contributed by atoms with Gasteiger partial charge >= 0.3 is 0 Å². The number of carbonyl (C=O) groups excluding carboxylic acids is 2. The largest absolute Gasteiger partial charge is 0.483 e. The number of nitrogens with one attached hydrogen (secondary N) is 1. The zero-order valence-electron chi connectivity index (χ0n) is 19.2. The third-order valence-corrected chi connectivity index (χ3v) is 6.33. The molecule has 0 saturated carbocycles. The summed E-state index contributed by atoms with van der Waals surface area (Å²) in [6.45, 7) is 7.39. The van der Waals surface area contributed by atoms with Gasteiger partial charge in [-0.15, -0.1) is 0 Å². The van der Waals surface area contributed by atoms with Crippen LogP contribution in [0.15, 0.2) is 65.1 Å². The normalized spacial score (nSPS) is 12.3. The standard InChI is InChI=1S/C26H28BrClN2O3/c1-17(25(32)29-26(2,3)4)30(15-19-10-6-8-12-21(19)28)23(31)16-33-22-14-13-18-9-5-7-11-20(18)24(22)27/h5-14,17H,15-16H2,1-4H3,(H,29,32)/t17-/m1/s1. The van der Waals surface area contributed by atoms with E-state index < -0.39 is 11.6 Å². The van der Waals surface area contributed by atoms with Crippen LogP contribution in [0.25, 0.3) is 10.8 Å². The highest BCUT2D eigenvalue weighted by Crippen LogP contribution is 2.33. The minimum atomic E-state index is -0.711. The molecule has 0 aliphatic rings. The van der Waals surface area contributed by atoms with Crippen LogP contribution < -0.4 is 10.1 Å². The van der Waals surface area contributed by atoms with Gasteiger partial charge in [-0.3, -0.25) is 9.59 Å². The number of carbonyl (C=O) groups is 2. The van der Waals surface area contributed by atoms with Gasteiger partial charge < -0.3 is 15.0 Å². The monoisotopic (exact) mass is 530 g/mol. The van der Waals surface area contributed by atoms with E-state index in [4.69, 9.17) is 16.3 Å². The van der Waals surface area contributed by atoms with E-state index in [1.807, 2.05) is 75.4 Å². The Morgan fingerprint density at radius 3 is 2.42 bits per heavy atom. The van der Waals surface area contributed by atoms with Gasteiger partial charge in [-0.05, 0) is 72.1 Å². The molecule has 174 valence electrons. The van der Waals surface area contributed by atoms with Gasteiger partial charge in [0.25, 0.3) is 5.91 Å². The molecule has 0 saturated heterocycles. The molecule has 3 aromatic carbocycles. The Labute approximate surface area is 208 Å². The lowest BCUT2D eigenvalue weighted by atomic mass is 10.1. The molecule has 0 aliphatic heterocycles. The molecule has 1 N–H and O–H groups in total. The van der Waals surface area contributed by atoms with Crippen molar-refractivity contribution in [3.8, 4) is 5.75 Å². The molecule has 5 nitrogen and oxygen atoms in total. The van der Waals surface area contributed by atoms with Crippen molar-refractivity contribution < 1.29 is 14.3 Å². The maximum atomic E-state index is 13.3. The van der Waals surface area contributed by atoms with E-state index in [1.54, 1.807) is 13.0 Å². The Morgan fingerprint density at radius 1 is 1.06 bits per heavy atom. The quantitative estimate of drug-likeness (QED) is 0.409. The van der Waals surface area contributed by atoms with Crippen molar-refractivity contribution in [3.63, 3.8) is 0 Å². The zero-order valence-corrected chi connectivity index (χ0v) is 21.5. The van der Waals surface area contributed by atoms with Gasteiger partial charge in [0.1, 0.15) is 11.8 Å². The molecule has 1 atom stereocenters. The lowest BCUT2D eigenvalue weighted by Crippen LogP contribution is -2.53. The van der Waals surface area contributed by atoms with Crippen molar-refractivity contribution in [2.45, 2.75) is 45.8 Å². The number of hydrogen-bond acceptors (Lipinski definition) is 3. The smallest absolute Gasteiger partial charge is 0.261 e. The molecule has 0 radical (unpaired) electrons. The van der Waals surface area contributed by atoms with Gasteiger partial charge in [-0.2, -0.15) is 0 Å². The van der Waals surface area contributed by atoms with Crippen LogP contribution in [0.5, 0.6) is 5.75 Å². The first-order valence-corrected chi connectivity index (χ1v) is 11.9. The van der Waals surface area contributed by atoms with Gasteiger partial charge in [0, 0.05) is 17.1 Å². The molecule has 3 rings (SSSR count). The Morgan fingerprint density at radius 2 is 1.73 bits per heavy atom. The molecular weight excluding hydrogens is 504 g/mol. The van der Waals surface area contributed by atoms with Gasteiger partial charge in [-0.25, -0.2) is 0 Å². The van der Waals surface area contributed by atoms with Crippen LogP contribution in [0.4, 0.5) is 0 Å². The molecule has 0 bridgehead atoms. The molecule has 0 fully saturated rings. The maximum Gasteiger partial charge on any atom is 0.261 e. The van der Waals surface area contributed by atoms with Gasteiger partial charge in [0.05, 0.1) is 4.47 Å². The molecule has 0 unspecified atom stereocenters. The predicted molar refractivity (Wildman–Crippen MR) is 137 cm³/mol. The number of halogens is 2. The fraction of sp³-hybridized carbons (Fsp3) is 0.308. The molecule has 0 aromatic heterocycles. The fourth-order valence-electron chi connectivity index (χ4n) is 3.41. The van der Waals surface area contributed by atoms with Crippen molar-refractivity contribution in [1.29, 1.82) is 0 Å². The van der Waals surface area contributed by atoms with E-state index in [0.717, 1.165) is 20.8 Å². The van der Waals surface area contributed by atoms with Crippen molar-refractivity contribution >= 4 is 50.1 Å². The van der Waals surface area contributed by atoms with Gasteiger partial charge in [0.15, 0.2) is 6.61 Å². The van der Waals surface area contributed by atoms with Crippen molar-refractivity contribution in [2.75, 3.05) is 6.61 Å². The predicted octanol–water partition coefficient (Wildman–Crippen LogP) is 5.97. The third-order valence-electron chi connectivity index (χ3n) is 5.14. The van der Waals surface area contributed by atoms with Crippen LogP contribution in [-0.2, 0) is 16.1 Å². The molecule has 2 amide bonds. The van der Waals surface area contributed by atoms with E-state index in [0.29, 0.717) is 10.8 Å². The SMILES string of the molecule is C[C@H](C(=O)NC(C)(C)C)N(Cc1ccccc1Cl)C(=O)COc1ccc2ccccc2c1Br. The summed E-state index contributed by atoms with van der Waals surface area (Å²) in [5.41, 5.74) is 0.339. The maximum absolute atomic E-state index is 13.3. The molecule has 0 spiro atoms. The summed E-state index contributed by atoms with van der Waals surface area (Å²) in [7, 11) is 0. The Balaban J connectivity index is 1.82. The minimum absolute atomic E-state index is 0.194. The summed E-state index contributed by atoms with van der Waals surface area (Å²) in [5, 5.41) is 5.54. The van der Waals surface area contributed by atoms with Crippen molar-refractivity contribution in [1.82, 2.24) is 10.2 Å². The zero-order chi connectivity index (χ0) is 24.2. The van der Waals surface area contributed by atoms with Gasteiger partial charge in [0.2, 0.25) is 5.91 Å². The Kier molecular flexibility index (Phi) is 8.03. The van der Waals surface area contributed by atoms with Crippen LogP contribution >= 0.6 is 27.5 Å². The second-order valence-electron chi connectivity index (χ2n) is 8.92. The topological polar surface area (TPSA) is 58.6 Å². The number of ether oxygens (including phenoxy) is 1. The fourth-order valence-corrected chi connectivity index (χ4v) is 4.22. The van der Waals surface area contributed by atoms with E-state index in [1.165, 1.54) is 4.90 Å². The number of amides is 2. The number of nitrogens with zero attached hydrogens (tertiary/aromatic N) is 1. The summed E-state index contributed by atoms with van der Waals surface area (Å²) in [6.07, 6.45) is 0. The summed E-state index contributed by atoms with van der Waals surface area (Å²) >= 11 is 9.92. The number of fused-ring (bicyclic) bond motifs is 1. The average molecular weight is 532 g/mol. The van der Waals surface area contributed by atoms with Gasteiger partial charge in [-0.1, -0.05) is 60.1 Å². The van der Waals surface area contributed by atoms with Crippen LogP contribution in [-0.4, -0.2) is 34.9 Å². The highest BCUT2D eigenvalue weighted by molar-refractivity contribution is 9.10. The van der Waals surface area contributed by atoms with Crippen LogP contribution in [0.2, 0.25) is 5.02 Å². The minimum Gasteiger partial charge on any atom is -0.483 e. The average Bonchev–Trinajstić information content (AvgIpc) is 2.76. The third kappa shape index (κ3) is 6.49. The summed E-state index contributed by atoms with van der Waals surface area (Å²) in [5.74, 6) is 0.00728. The molecule has 33 heavy (non-hydrogen) atoms. The molecule has 7 heteroatoms. The van der Waals surface area contributed by atoms with E-state index in [9.17, 15) is 9.59 Å². The van der Waals surface area contributed by atoms with E-state index in [2.05, 4.69) is 21.2 Å². The van der Waals surface area contributed by atoms with Crippen LogP contribution in [0.3, 0.4) is 0 Å². The molecule has 0 aliphatic carbocycles. The van der Waals surface area contributed by atoms with Crippen LogP contribution in [0, 0.1) is 0 Å². The van der Waals surface area contributed by atoms with E-state index in [-0.39, 0.29) is 25.0 Å². The highest BCUT2D eigenvalue weighted by atomic mass is 79.9. The summed E-state index contributed by atoms with van der Waals surface area (Å²) in [6, 6.07) is 18.3. The first-order chi connectivity index (χ1) is 15.6. The first kappa shape index (κ1) is 25.1. The molecule has 3 aromatic rings. The highest BCUT2D eigenvalue weighted by Gasteiger charge is 2.29. The molecule has 0 heterocycles. The summed E-state index contributed by atoms with van der Waals surface area (Å²) < 4.78 is 6.67. The van der Waals surface area contributed by atoms with Crippen molar-refractivity contribution in [2.24, 2.45) is 0 Å². The number of rotatable bonds is 7. The van der Waals surface area contributed by atoms with Crippen LogP contribution in [0.1, 0.15) is 33.3 Å². The van der Waals surface area contributed by atoms with Crippen molar-refractivity contribution in [3.05, 3.63) is 75.7 Å². The Bertz CT molecular complexity index is 1160. The lowest BCUT2D eigenvalue weighted by Gasteiger charge is -2.31. The Hall–Kier alpha value is -2.57. The first-order valence-electron chi connectivity index (χ1n) is 10.7. The molecular formula is C26H28BrClN2O3. The second-order valence-corrected chi connectivity index (χ2v) is 10.1. The lowest BCUT2D eigenvalue weighted by molar-refractivity contribution is -0.142. The number of benzene rings is 3. The second kappa shape index (κ2) is 10.6. The summed E-state index contributed by atoms with van der Waals surface area (Å²) in [4.78, 5) is 27.6. The van der Waals surface area contributed by atoms with E-state index >= 15 is 0 Å². The number of hydrogen-bond donors (Lipinski definition) is 1.